The molecule has 0 atom stereocenters. The zero-order valence-corrected chi connectivity index (χ0v) is 13.3. The SMILES string of the molecule is CN1CCN(c2cccc(Cl)c2)c2ccc(C(F)(F)F)cc2C1. The molecule has 23 heavy (non-hydrogen) atoms. The third-order valence-electron chi connectivity index (χ3n) is 3.96. The van der Waals surface area contributed by atoms with Crippen LogP contribution in [-0.2, 0) is 12.7 Å². The average Bonchev–Trinajstić information content (AvgIpc) is 2.63. The van der Waals surface area contributed by atoms with Gasteiger partial charge in [0.15, 0.2) is 0 Å². The van der Waals surface area contributed by atoms with Crippen molar-refractivity contribution in [2.24, 2.45) is 0 Å². The lowest BCUT2D eigenvalue weighted by molar-refractivity contribution is -0.137. The quantitative estimate of drug-likeness (QED) is 0.725. The molecule has 0 unspecified atom stereocenters. The molecule has 122 valence electrons. The Morgan fingerprint density at radius 1 is 1.04 bits per heavy atom. The lowest BCUT2D eigenvalue weighted by atomic mass is 10.1. The van der Waals surface area contributed by atoms with Gasteiger partial charge in [-0.05, 0) is 49.0 Å². The van der Waals surface area contributed by atoms with Crippen molar-refractivity contribution in [1.82, 2.24) is 4.90 Å². The molecule has 1 aliphatic rings. The van der Waals surface area contributed by atoms with Crippen LogP contribution in [0.15, 0.2) is 42.5 Å². The summed E-state index contributed by atoms with van der Waals surface area (Å²) < 4.78 is 39.0. The summed E-state index contributed by atoms with van der Waals surface area (Å²) >= 11 is 6.06. The van der Waals surface area contributed by atoms with E-state index in [4.69, 9.17) is 11.6 Å². The molecule has 6 heteroatoms. The molecule has 0 saturated heterocycles. The Labute approximate surface area is 138 Å². The molecule has 0 amide bonds. The van der Waals surface area contributed by atoms with Gasteiger partial charge in [-0.15, -0.1) is 0 Å². The van der Waals surface area contributed by atoms with Crippen molar-refractivity contribution in [2.75, 3.05) is 25.0 Å². The number of rotatable bonds is 1. The molecule has 2 nitrogen and oxygen atoms in total. The molecule has 3 rings (SSSR count). The van der Waals surface area contributed by atoms with Crippen LogP contribution in [0.25, 0.3) is 0 Å². The predicted octanol–water partition coefficient (Wildman–Crippen LogP) is 4.94. The van der Waals surface area contributed by atoms with E-state index in [1.165, 1.54) is 6.07 Å². The monoisotopic (exact) mass is 340 g/mol. The van der Waals surface area contributed by atoms with Gasteiger partial charge in [0.25, 0.3) is 0 Å². The Balaban J connectivity index is 2.08. The maximum Gasteiger partial charge on any atom is 0.416 e. The highest BCUT2D eigenvalue weighted by molar-refractivity contribution is 6.30. The Kier molecular flexibility index (Phi) is 4.25. The fourth-order valence-electron chi connectivity index (χ4n) is 2.83. The molecule has 0 spiro atoms. The number of hydrogen-bond acceptors (Lipinski definition) is 2. The second kappa shape index (κ2) is 6.06. The van der Waals surface area contributed by atoms with Crippen LogP contribution in [-0.4, -0.2) is 25.0 Å². The maximum absolute atomic E-state index is 13.0. The molecule has 0 saturated carbocycles. The van der Waals surface area contributed by atoms with Crippen molar-refractivity contribution >= 4 is 23.0 Å². The van der Waals surface area contributed by atoms with E-state index in [-0.39, 0.29) is 0 Å². The highest BCUT2D eigenvalue weighted by Crippen LogP contribution is 2.37. The standard InChI is InChI=1S/C17H16ClF3N2/c1-22-7-8-23(15-4-2-3-14(18)10-15)16-6-5-13(17(19,20)21)9-12(16)11-22/h2-6,9-10H,7-8,11H2,1H3. The van der Waals surface area contributed by atoms with Gasteiger partial charge in [0.2, 0.25) is 0 Å². The van der Waals surface area contributed by atoms with E-state index in [1.54, 1.807) is 12.1 Å². The van der Waals surface area contributed by atoms with Crippen LogP contribution in [0.1, 0.15) is 11.1 Å². The van der Waals surface area contributed by atoms with E-state index in [0.717, 1.165) is 24.0 Å². The van der Waals surface area contributed by atoms with Crippen LogP contribution in [0.2, 0.25) is 5.02 Å². The summed E-state index contributed by atoms with van der Waals surface area (Å²) in [5.74, 6) is 0. The molecule has 0 radical (unpaired) electrons. The summed E-state index contributed by atoms with van der Waals surface area (Å²) in [5, 5.41) is 0.605. The average molecular weight is 341 g/mol. The molecule has 2 aromatic carbocycles. The van der Waals surface area contributed by atoms with Gasteiger partial charge >= 0.3 is 6.18 Å². The number of alkyl halides is 3. The first-order valence-electron chi connectivity index (χ1n) is 7.26. The highest BCUT2D eigenvalue weighted by atomic mass is 35.5. The first-order chi connectivity index (χ1) is 10.8. The Hall–Kier alpha value is -1.72. The van der Waals surface area contributed by atoms with Crippen molar-refractivity contribution < 1.29 is 13.2 Å². The number of nitrogens with zero attached hydrogens (tertiary/aromatic N) is 2. The summed E-state index contributed by atoms with van der Waals surface area (Å²) in [6.45, 7) is 1.92. The van der Waals surface area contributed by atoms with Crippen LogP contribution in [0.5, 0.6) is 0 Å². The van der Waals surface area contributed by atoms with Crippen molar-refractivity contribution in [1.29, 1.82) is 0 Å². The zero-order chi connectivity index (χ0) is 16.6. The lowest BCUT2D eigenvalue weighted by Crippen LogP contribution is -2.26. The highest BCUT2D eigenvalue weighted by Gasteiger charge is 2.32. The van der Waals surface area contributed by atoms with Crippen molar-refractivity contribution in [3.05, 3.63) is 58.6 Å². The Morgan fingerprint density at radius 3 is 2.52 bits per heavy atom. The van der Waals surface area contributed by atoms with E-state index in [9.17, 15) is 13.2 Å². The molecule has 1 aliphatic heterocycles. The predicted molar refractivity (Wildman–Crippen MR) is 86.2 cm³/mol. The molecule has 2 aromatic rings. The van der Waals surface area contributed by atoms with E-state index in [2.05, 4.69) is 0 Å². The largest absolute Gasteiger partial charge is 0.416 e. The van der Waals surface area contributed by atoms with E-state index >= 15 is 0 Å². The minimum atomic E-state index is -4.33. The van der Waals surface area contributed by atoms with Gasteiger partial charge in [-0.1, -0.05) is 17.7 Å². The fraction of sp³-hybridized carbons (Fsp3) is 0.294. The number of anilines is 2. The molecule has 0 aliphatic carbocycles. The second-order valence-corrected chi connectivity index (χ2v) is 6.15. The summed E-state index contributed by atoms with van der Waals surface area (Å²) in [6, 6.07) is 11.3. The van der Waals surface area contributed by atoms with E-state index in [0.29, 0.717) is 23.7 Å². The molecule has 1 heterocycles. The third-order valence-corrected chi connectivity index (χ3v) is 4.20. The van der Waals surface area contributed by atoms with Gasteiger partial charge in [-0.25, -0.2) is 0 Å². The van der Waals surface area contributed by atoms with Gasteiger partial charge in [-0.3, -0.25) is 0 Å². The van der Waals surface area contributed by atoms with Crippen LogP contribution < -0.4 is 4.90 Å². The van der Waals surface area contributed by atoms with Crippen LogP contribution >= 0.6 is 11.6 Å². The number of benzene rings is 2. The first kappa shape index (κ1) is 16.1. The molecule has 0 N–H and O–H groups in total. The van der Waals surface area contributed by atoms with Crippen LogP contribution in [0.4, 0.5) is 24.5 Å². The van der Waals surface area contributed by atoms with E-state index in [1.807, 2.05) is 35.0 Å². The zero-order valence-electron chi connectivity index (χ0n) is 12.6. The van der Waals surface area contributed by atoms with Crippen molar-refractivity contribution in [3.8, 4) is 0 Å². The molecule has 0 aromatic heterocycles. The number of halogens is 4. The van der Waals surface area contributed by atoms with Crippen molar-refractivity contribution in [2.45, 2.75) is 12.7 Å². The molecular weight excluding hydrogens is 325 g/mol. The lowest BCUT2D eigenvalue weighted by Gasteiger charge is -2.25. The number of likely N-dealkylation sites (N-methyl/N-ethyl adjacent to an activating group) is 1. The molecule has 0 bridgehead atoms. The summed E-state index contributed by atoms with van der Waals surface area (Å²) in [7, 11) is 1.91. The molecule has 0 fully saturated rings. The van der Waals surface area contributed by atoms with Gasteiger partial charge in [0.1, 0.15) is 0 Å². The van der Waals surface area contributed by atoms with Gasteiger partial charge in [0, 0.05) is 36.0 Å². The fourth-order valence-corrected chi connectivity index (χ4v) is 3.01. The van der Waals surface area contributed by atoms with Gasteiger partial charge in [0.05, 0.1) is 5.56 Å². The smallest absolute Gasteiger partial charge is 0.340 e. The Morgan fingerprint density at radius 2 is 1.83 bits per heavy atom. The Bertz CT molecular complexity index is 715. The van der Waals surface area contributed by atoms with Gasteiger partial charge < -0.3 is 9.80 Å². The minimum absolute atomic E-state index is 0.482. The molecular formula is C17H16ClF3N2. The van der Waals surface area contributed by atoms with Gasteiger partial charge in [-0.2, -0.15) is 13.2 Å². The number of fused-ring (bicyclic) bond motifs is 1. The topological polar surface area (TPSA) is 6.48 Å². The van der Waals surface area contributed by atoms with E-state index < -0.39 is 11.7 Å². The summed E-state index contributed by atoms with van der Waals surface area (Å²) in [6.07, 6.45) is -4.33. The second-order valence-electron chi connectivity index (χ2n) is 5.71. The first-order valence-corrected chi connectivity index (χ1v) is 7.64. The normalized spacial score (nSPS) is 16.1. The summed E-state index contributed by atoms with van der Waals surface area (Å²) in [5.41, 5.74) is 1.73. The number of hydrogen-bond donors (Lipinski definition) is 0. The van der Waals surface area contributed by atoms with Crippen LogP contribution in [0.3, 0.4) is 0 Å². The van der Waals surface area contributed by atoms with Crippen LogP contribution in [0, 0.1) is 0 Å². The summed E-state index contributed by atoms with van der Waals surface area (Å²) in [4.78, 5) is 4.04. The minimum Gasteiger partial charge on any atom is -0.340 e. The third kappa shape index (κ3) is 3.46. The maximum atomic E-state index is 13.0. The van der Waals surface area contributed by atoms with Crippen molar-refractivity contribution in [3.63, 3.8) is 0 Å².